The molecule has 0 saturated carbocycles. The monoisotopic (exact) mass is 701 g/mol. The van der Waals surface area contributed by atoms with Crippen molar-refractivity contribution in [3.8, 4) is 5.75 Å². The number of nitrogens with zero attached hydrogens (tertiary/aromatic N) is 4. The first-order chi connectivity index (χ1) is 25.1. The third kappa shape index (κ3) is 7.83. The molecule has 1 aliphatic rings. The van der Waals surface area contributed by atoms with Crippen molar-refractivity contribution in [1.82, 2.24) is 34.9 Å². The van der Waals surface area contributed by atoms with Crippen molar-refractivity contribution >= 4 is 33.8 Å². The van der Waals surface area contributed by atoms with Crippen LogP contribution < -0.4 is 10.1 Å². The molecule has 0 bridgehead atoms. The summed E-state index contributed by atoms with van der Waals surface area (Å²) in [5.74, 6) is 2.04. The summed E-state index contributed by atoms with van der Waals surface area (Å²) in [6.45, 7) is 7.04. The molecule has 0 radical (unpaired) electrons. The van der Waals surface area contributed by atoms with E-state index >= 15 is 0 Å². The third-order valence-electron chi connectivity index (χ3n) is 9.89. The van der Waals surface area contributed by atoms with Crippen molar-refractivity contribution in [2.24, 2.45) is 5.92 Å². The highest BCUT2D eigenvalue weighted by atomic mass is 16.6. The van der Waals surface area contributed by atoms with Gasteiger partial charge in [0.2, 0.25) is 5.91 Å². The summed E-state index contributed by atoms with van der Waals surface area (Å²) in [6.07, 6.45) is 6.83. The van der Waals surface area contributed by atoms with E-state index in [1.54, 1.807) is 12.0 Å². The highest BCUT2D eigenvalue weighted by Gasteiger charge is 2.32. The third-order valence-corrected chi connectivity index (χ3v) is 9.89. The zero-order valence-corrected chi connectivity index (χ0v) is 30.3. The number of likely N-dealkylation sites (tertiary alicyclic amines) is 1. The predicted octanol–water partition coefficient (Wildman–Crippen LogP) is 7.13. The van der Waals surface area contributed by atoms with Crippen LogP contribution in [-0.4, -0.2) is 67.4 Å². The maximum absolute atomic E-state index is 14.1. The minimum atomic E-state index is -0.572. The van der Waals surface area contributed by atoms with E-state index in [4.69, 9.17) is 19.7 Å². The van der Waals surface area contributed by atoms with Crippen LogP contribution in [0.3, 0.4) is 0 Å². The largest absolute Gasteiger partial charge is 0.497 e. The molecule has 1 saturated heterocycles. The molecule has 1 atom stereocenters. The number of aromatic nitrogens is 5. The lowest BCUT2D eigenvalue weighted by Crippen LogP contribution is -2.45. The van der Waals surface area contributed by atoms with Crippen molar-refractivity contribution in [2.75, 3.05) is 20.2 Å². The average Bonchev–Trinajstić information content (AvgIpc) is 3.87. The van der Waals surface area contributed by atoms with Crippen LogP contribution in [0.1, 0.15) is 68.0 Å². The lowest BCUT2D eigenvalue weighted by atomic mass is 9.95. The van der Waals surface area contributed by atoms with Gasteiger partial charge in [0, 0.05) is 66.0 Å². The number of piperidine rings is 1. The molecule has 3 aromatic heterocycles. The standard InChI is InChI=1S/C41H47N7O4/c1-41(2,3)52-40(50)47-21-19-28(20-22-47)39(49)44-36(23-30-25-43-35-12-8-6-10-33(30)35)38-46-45-37(48(38)26-27-13-16-31(51-4)17-14-27)18-15-29-24-42-34-11-7-5-9-32(29)34/h5-14,16-17,24-25,28,36,42-43H,15,18-23,26H2,1-4H3,(H,44,49)/t36-/m1/s1. The summed E-state index contributed by atoms with van der Waals surface area (Å²) in [5.41, 5.74) is 4.95. The van der Waals surface area contributed by atoms with Gasteiger partial charge in [-0.15, -0.1) is 10.2 Å². The second kappa shape index (κ2) is 15.0. The number of amides is 2. The second-order valence-corrected chi connectivity index (χ2v) is 14.6. The molecule has 11 heteroatoms. The molecular formula is C41H47N7O4. The number of hydrogen-bond donors (Lipinski definition) is 3. The fraction of sp³-hybridized carbons (Fsp3) is 0.366. The van der Waals surface area contributed by atoms with Gasteiger partial charge in [-0.05, 0) is 81.0 Å². The molecule has 270 valence electrons. The van der Waals surface area contributed by atoms with Gasteiger partial charge in [0.05, 0.1) is 19.7 Å². The van der Waals surface area contributed by atoms with Gasteiger partial charge in [-0.25, -0.2) is 4.79 Å². The zero-order chi connectivity index (χ0) is 36.2. The van der Waals surface area contributed by atoms with Gasteiger partial charge in [-0.2, -0.15) is 0 Å². The van der Waals surface area contributed by atoms with Crippen LogP contribution in [0.15, 0.2) is 85.2 Å². The van der Waals surface area contributed by atoms with Crippen LogP contribution in [-0.2, 0) is 35.3 Å². The Labute approximate surface area is 303 Å². The first-order valence-corrected chi connectivity index (χ1v) is 18.1. The molecule has 3 N–H and O–H groups in total. The lowest BCUT2D eigenvalue weighted by molar-refractivity contribution is -0.127. The lowest BCUT2D eigenvalue weighted by Gasteiger charge is -2.33. The smallest absolute Gasteiger partial charge is 0.410 e. The van der Waals surface area contributed by atoms with Gasteiger partial charge in [0.25, 0.3) is 0 Å². The number of carbonyl (C=O) groups excluding carboxylic acids is 2. The van der Waals surface area contributed by atoms with Crippen molar-refractivity contribution in [2.45, 2.75) is 71.1 Å². The van der Waals surface area contributed by atoms with Crippen LogP contribution in [0, 0.1) is 5.92 Å². The number of para-hydroxylation sites is 2. The van der Waals surface area contributed by atoms with Crippen LogP contribution in [0.25, 0.3) is 21.8 Å². The summed E-state index contributed by atoms with van der Waals surface area (Å²) in [5, 5.41) is 15.3. The van der Waals surface area contributed by atoms with Crippen molar-refractivity contribution in [1.29, 1.82) is 0 Å². The summed E-state index contributed by atoms with van der Waals surface area (Å²) in [7, 11) is 1.66. The first kappa shape index (κ1) is 34.9. The molecule has 0 aliphatic carbocycles. The number of rotatable bonds is 11. The SMILES string of the molecule is COc1ccc(Cn2c(CCc3c[nH]c4ccccc34)nnc2[C@@H](Cc2c[nH]c3ccccc23)NC(=O)C2CCN(C(=O)OC(C)(C)C)CC2)cc1. The van der Waals surface area contributed by atoms with Gasteiger partial charge in [0.15, 0.2) is 5.82 Å². The first-order valence-electron chi connectivity index (χ1n) is 18.1. The Morgan fingerprint density at radius 2 is 1.50 bits per heavy atom. The van der Waals surface area contributed by atoms with Crippen molar-refractivity contribution in [3.63, 3.8) is 0 Å². The molecule has 0 spiro atoms. The van der Waals surface area contributed by atoms with Crippen LogP contribution >= 0.6 is 0 Å². The number of hydrogen-bond acceptors (Lipinski definition) is 6. The maximum Gasteiger partial charge on any atom is 0.410 e. The zero-order valence-electron chi connectivity index (χ0n) is 30.3. The Bertz CT molecular complexity index is 2150. The number of aromatic amines is 2. The Hall–Kier alpha value is -5.58. The van der Waals surface area contributed by atoms with Gasteiger partial charge in [0.1, 0.15) is 17.2 Å². The molecule has 4 heterocycles. The number of nitrogens with one attached hydrogen (secondary N) is 3. The topological polar surface area (TPSA) is 130 Å². The number of H-pyrrole nitrogens is 2. The Kier molecular flexibility index (Phi) is 10.0. The molecule has 1 aliphatic heterocycles. The van der Waals surface area contributed by atoms with E-state index in [1.807, 2.05) is 57.3 Å². The number of fused-ring (bicyclic) bond motifs is 2. The predicted molar refractivity (Wildman–Crippen MR) is 201 cm³/mol. The number of benzene rings is 3. The highest BCUT2D eigenvalue weighted by molar-refractivity contribution is 5.84. The highest BCUT2D eigenvalue weighted by Crippen LogP contribution is 2.28. The number of ether oxygens (including phenoxy) is 2. The Morgan fingerprint density at radius 1 is 0.865 bits per heavy atom. The van der Waals surface area contributed by atoms with E-state index in [0.717, 1.165) is 45.5 Å². The summed E-state index contributed by atoms with van der Waals surface area (Å²) in [4.78, 5) is 35.3. The molecule has 3 aromatic carbocycles. The van der Waals surface area contributed by atoms with E-state index < -0.39 is 11.6 Å². The van der Waals surface area contributed by atoms with Crippen LogP contribution in [0.2, 0.25) is 0 Å². The molecule has 2 amide bonds. The summed E-state index contributed by atoms with van der Waals surface area (Å²) >= 11 is 0. The average molecular weight is 702 g/mol. The molecule has 7 rings (SSSR count). The minimum absolute atomic E-state index is 0.0481. The second-order valence-electron chi connectivity index (χ2n) is 14.6. The Morgan fingerprint density at radius 3 is 2.15 bits per heavy atom. The van der Waals surface area contributed by atoms with Gasteiger partial charge in [-0.1, -0.05) is 48.5 Å². The molecule has 11 nitrogen and oxygen atoms in total. The van der Waals surface area contributed by atoms with Gasteiger partial charge >= 0.3 is 6.09 Å². The van der Waals surface area contributed by atoms with Gasteiger partial charge < -0.3 is 34.2 Å². The maximum atomic E-state index is 14.1. The van der Waals surface area contributed by atoms with Crippen molar-refractivity contribution < 1.29 is 19.1 Å². The molecule has 1 fully saturated rings. The van der Waals surface area contributed by atoms with Crippen LogP contribution in [0.5, 0.6) is 5.75 Å². The van der Waals surface area contributed by atoms with Gasteiger partial charge in [-0.3, -0.25) is 4.79 Å². The Balaban J connectivity index is 1.19. The van der Waals surface area contributed by atoms with Crippen molar-refractivity contribution in [3.05, 3.63) is 114 Å². The van der Waals surface area contributed by atoms with E-state index in [2.05, 4.69) is 68.5 Å². The summed E-state index contributed by atoms with van der Waals surface area (Å²) < 4.78 is 13.2. The number of carbonyl (C=O) groups is 2. The number of aryl methyl sites for hydroxylation is 2. The molecule has 6 aromatic rings. The molecule has 52 heavy (non-hydrogen) atoms. The normalized spacial score (nSPS) is 14.5. The fourth-order valence-electron chi connectivity index (χ4n) is 7.13. The quantitative estimate of drug-likeness (QED) is 0.132. The fourth-order valence-corrected chi connectivity index (χ4v) is 7.13. The van der Waals surface area contributed by atoms with E-state index in [9.17, 15) is 9.59 Å². The summed E-state index contributed by atoms with van der Waals surface area (Å²) in [6, 6.07) is 24.1. The van der Waals surface area contributed by atoms with E-state index in [1.165, 1.54) is 10.9 Å². The molecular weight excluding hydrogens is 654 g/mol. The van der Waals surface area contributed by atoms with E-state index in [0.29, 0.717) is 51.1 Å². The van der Waals surface area contributed by atoms with Crippen LogP contribution in [0.4, 0.5) is 4.79 Å². The molecule has 0 unspecified atom stereocenters. The minimum Gasteiger partial charge on any atom is -0.497 e. The van der Waals surface area contributed by atoms with E-state index in [-0.39, 0.29) is 17.9 Å². The number of methoxy groups -OCH3 is 1.